The van der Waals surface area contributed by atoms with E-state index >= 15 is 0 Å². The van der Waals surface area contributed by atoms with E-state index in [9.17, 15) is 4.79 Å². The van der Waals surface area contributed by atoms with Gasteiger partial charge in [-0.3, -0.25) is 4.79 Å². The van der Waals surface area contributed by atoms with Crippen LogP contribution in [0.3, 0.4) is 0 Å². The van der Waals surface area contributed by atoms with Crippen molar-refractivity contribution in [2.45, 2.75) is 39.3 Å². The van der Waals surface area contributed by atoms with Crippen LogP contribution >= 0.6 is 0 Å². The van der Waals surface area contributed by atoms with Gasteiger partial charge in [-0.1, -0.05) is 18.2 Å². The Balaban J connectivity index is 2.58. The van der Waals surface area contributed by atoms with Gasteiger partial charge in [0.15, 0.2) is 0 Å². The lowest BCUT2D eigenvalue weighted by molar-refractivity contribution is -0.143. The molecule has 1 unspecified atom stereocenters. The largest absolute Gasteiger partial charge is 0.496 e. The molecule has 0 heterocycles. The molecule has 0 amide bonds. The summed E-state index contributed by atoms with van der Waals surface area (Å²) in [7, 11) is 1.66. The molecule has 4 heteroatoms. The summed E-state index contributed by atoms with van der Waals surface area (Å²) < 4.78 is 10.3. The summed E-state index contributed by atoms with van der Waals surface area (Å²) in [6, 6.07) is 8.04. The van der Waals surface area contributed by atoms with Crippen LogP contribution in [0.4, 0.5) is 0 Å². The number of methoxy groups -OCH3 is 1. The molecule has 1 aromatic carbocycles. The van der Waals surface area contributed by atoms with Crippen LogP contribution in [0.5, 0.6) is 5.75 Å². The quantitative estimate of drug-likeness (QED) is 0.770. The Hall–Kier alpha value is -1.55. The molecule has 0 spiro atoms. The van der Waals surface area contributed by atoms with E-state index in [2.05, 4.69) is 12.2 Å². The molecule has 1 aromatic rings. The lowest BCUT2D eigenvalue weighted by Crippen LogP contribution is -2.31. The standard InChI is InChI=1S/C15H23NO3/c1-5-19-15(17)10-11(2)16-12(3)13-8-6-7-9-14(13)18-4/h6-9,11-12,16H,5,10H2,1-4H3/t11?,12-/m1/s1. The van der Waals surface area contributed by atoms with Gasteiger partial charge in [0.25, 0.3) is 0 Å². The molecule has 0 aromatic heterocycles. The van der Waals surface area contributed by atoms with Crippen LogP contribution in [-0.2, 0) is 9.53 Å². The van der Waals surface area contributed by atoms with Crippen molar-refractivity contribution in [2.24, 2.45) is 0 Å². The van der Waals surface area contributed by atoms with Gasteiger partial charge in [0, 0.05) is 17.6 Å². The van der Waals surface area contributed by atoms with Gasteiger partial charge < -0.3 is 14.8 Å². The van der Waals surface area contributed by atoms with E-state index < -0.39 is 0 Å². The first-order chi connectivity index (χ1) is 9.08. The number of rotatable bonds is 7. The summed E-state index contributed by atoms with van der Waals surface area (Å²) in [6.45, 7) is 6.27. The number of hydrogen-bond acceptors (Lipinski definition) is 4. The van der Waals surface area contributed by atoms with Crippen molar-refractivity contribution in [1.29, 1.82) is 0 Å². The number of para-hydroxylation sites is 1. The fourth-order valence-electron chi connectivity index (χ4n) is 2.07. The Kier molecular flexibility index (Phi) is 6.36. The van der Waals surface area contributed by atoms with Crippen molar-refractivity contribution in [3.05, 3.63) is 29.8 Å². The van der Waals surface area contributed by atoms with Crippen LogP contribution in [0.1, 0.15) is 38.8 Å². The summed E-state index contributed by atoms with van der Waals surface area (Å²) in [6.07, 6.45) is 0.368. The van der Waals surface area contributed by atoms with E-state index in [0.717, 1.165) is 11.3 Å². The van der Waals surface area contributed by atoms with Crippen molar-refractivity contribution in [2.75, 3.05) is 13.7 Å². The van der Waals surface area contributed by atoms with E-state index in [-0.39, 0.29) is 18.1 Å². The van der Waals surface area contributed by atoms with E-state index in [1.165, 1.54) is 0 Å². The molecule has 1 rings (SSSR count). The van der Waals surface area contributed by atoms with Crippen molar-refractivity contribution in [3.63, 3.8) is 0 Å². The normalized spacial score (nSPS) is 13.7. The van der Waals surface area contributed by atoms with Crippen molar-refractivity contribution < 1.29 is 14.3 Å². The Morgan fingerprint density at radius 1 is 1.32 bits per heavy atom. The van der Waals surface area contributed by atoms with Gasteiger partial charge in [-0.25, -0.2) is 0 Å². The Labute approximate surface area is 115 Å². The highest BCUT2D eigenvalue weighted by Gasteiger charge is 2.15. The second-order valence-corrected chi connectivity index (χ2v) is 4.54. The monoisotopic (exact) mass is 265 g/mol. The summed E-state index contributed by atoms with van der Waals surface area (Å²) >= 11 is 0. The van der Waals surface area contributed by atoms with E-state index in [0.29, 0.717) is 13.0 Å². The molecular formula is C15H23NO3. The highest BCUT2D eigenvalue weighted by molar-refractivity contribution is 5.70. The predicted molar refractivity (Wildman–Crippen MR) is 75.3 cm³/mol. The molecule has 0 saturated carbocycles. The van der Waals surface area contributed by atoms with Crippen molar-refractivity contribution >= 4 is 5.97 Å². The van der Waals surface area contributed by atoms with Crippen LogP contribution in [-0.4, -0.2) is 25.7 Å². The van der Waals surface area contributed by atoms with Gasteiger partial charge >= 0.3 is 5.97 Å². The summed E-state index contributed by atoms with van der Waals surface area (Å²) in [5.41, 5.74) is 1.08. The van der Waals surface area contributed by atoms with E-state index in [1.54, 1.807) is 7.11 Å². The topological polar surface area (TPSA) is 47.6 Å². The fraction of sp³-hybridized carbons (Fsp3) is 0.533. The molecule has 0 bridgehead atoms. The van der Waals surface area contributed by atoms with Crippen molar-refractivity contribution in [1.82, 2.24) is 5.32 Å². The molecule has 0 radical (unpaired) electrons. The summed E-state index contributed by atoms with van der Waals surface area (Å²) in [5, 5.41) is 3.38. The fourth-order valence-corrected chi connectivity index (χ4v) is 2.07. The van der Waals surface area contributed by atoms with Crippen LogP contribution in [0.15, 0.2) is 24.3 Å². The molecule has 1 N–H and O–H groups in total. The van der Waals surface area contributed by atoms with Crippen LogP contribution in [0, 0.1) is 0 Å². The molecule has 19 heavy (non-hydrogen) atoms. The van der Waals surface area contributed by atoms with Gasteiger partial charge in [-0.15, -0.1) is 0 Å². The molecular weight excluding hydrogens is 242 g/mol. The van der Waals surface area contributed by atoms with Gasteiger partial charge in [-0.2, -0.15) is 0 Å². The Morgan fingerprint density at radius 3 is 2.63 bits per heavy atom. The number of benzene rings is 1. The maximum absolute atomic E-state index is 11.4. The Morgan fingerprint density at radius 2 is 2.00 bits per heavy atom. The zero-order chi connectivity index (χ0) is 14.3. The highest BCUT2D eigenvalue weighted by Crippen LogP contribution is 2.24. The minimum absolute atomic E-state index is 0.0546. The number of esters is 1. The summed E-state index contributed by atoms with van der Waals surface area (Å²) in [5.74, 6) is 0.681. The van der Waals surface area contributed by atoms with Crippen molar-refractivity contribution in [3.8, 4) is 5.75 Å². The van der Waals surface area contributed by atoms with Crippen LogP contribution in [0.2, 0.25) is 0 Å². The molecule has 0 aliphatic rings. The second kappa shape index (κ2) is 7.79. The lowest BCUT2D eigenvalue weighted by atomic mass is 10.1. The maximum Gasteiger partial charge on any atom is 0.307 e. The highest BCUT2D eigenvalue weighted by atomic mass is 16.5. The number of hydrogen-bond donors (Lipinski definition) is 1. The predicted octanol–water partition coefficient (Wildman–Crippen LogP) is 2.69. The molecule has 0 fully saturated rings. The third-order valence-corrected chi connectivity index (χ3v) is 2.92. The van der Waals surface area contributed by atoms with Gasteiger partial charge in [0.1, 0.15) is 5.75 Å². The van der Waals surface area contributed by atoms with Gasteiger partial charge in [-0.05, 0) is 26.8 Å². The molecule has 4 nitrogen and oxygen atoms in total. The number of nitrogens with one attached hydrogen (secondary N) is 1. The van der Waals surface area contributed by atoms with E-state index in [4.69, 9.17) is 9.47 Å². The van der Waals surface area contributed by atoms with E-state index in [1.807, 2.05) is 38.1 Å². The molecule has 0 saturated heterocycles. The first-order valence-corrected chi connectivity index (χ1v) is 6.63. The van der Waals surface area contributed by atoms with Crippen LogP contribution < -0.4 is 10.1 Å². The third-order valence-electron chi connectivity index (χ3n) is 2.92. The van der Waals surface area contributed by atoms with Gasteiger partial charge in [0.05, 0.1) is 20.1 Å². The molecule has 106 valence electrons. The number of carbonyl (C=O) groups is 1. The minimum Gasteiger partial charge on any atom is -0.496 e. The maximum atomic E-state index is 11.4. The van der Waals surface area contributed by atoms with Gasteiger partial charge in [0.2, 0.25) is 0 Å². The molecule has 2 atom stereocenters. The smallest absolute Gasteiger partial charge is 0.307 e. The first kappa shape index (κ1) is 15.5. The number of carbonyl (C=O) groups excluding carboxylic acids is 1. The van der Waals surface area contributed by atoms with Crippen LogP contribution in [0.25, 0.3) is 0 Å². The first-order valence-electron chi connectivity index (χ1n) is 6.63. The molecule has 0 aliphatic heterocycles. The lowest BCUT2D eigenvalue weighted by Gasteiger charge is -2.21. The summed E-state index contributed by atoms with van der Waals surface area (Å²) in [4.78, 5) is 11.4. The third kappa shape index (κ3) is 4.91. The zero-order valence-electron chi connectivity index (χ0n) is 12.1. The average Bonchev–Trinajstić information content (AvgIpc) is 2.38. The minimum atomic E-state index is -0.172. The Bertz CT molecular complexity index is 406. The number of ether oxygens (including phenoxy) is 2. The SMILES string of the molecule is CCOC(=O)CC(C)N[C@H](C)c1ccccc1OC. The zero-order valence-corrected chi connectivity index (χ0v) is 12.1. The average molecular weight is 265 g/mol. The molecule has 0 aliphatic carbocycles. The second-order valence-electron chi connectivity index (χ2n) is 4.54.